The van der Waals surface area contributed by atoms with Crippen molar-refractivity contribution in [1.29, 1.82) is 5.26 Å². The Bertz CT molecular complexity index is 553. The summed E-state index contributed by atoms with van der Waals surface area (Å²) in [7, 11) is 0. The van der Waals surface area contributed by atoms with Crippen LogP contribution in [0.15, 0.2) is 28.5 Å². The summed E-state index contributed by atoms with van der Waals surface area (Å²) in [6.07, 6.45) is 2.24. The van der Waals surface area contributed by atoms with E-state index < -0.39 is 0 Å². The third-order valence-corrected chi connectivity index (χ3v) is 3.02. The molecular weight excluding hydrogens is 236 g/mol. The summed E-state index contributed by atoms with van der Waals surface area (Å²) in [5.41, 5.74) is 0.526. The predicted molar refractivity (Wildman–Crippen MR) is 62.6 cm³/mol. The van der Waals surface area contributed by atoms with Gasteiger partial charge in [-0.1, -0.05) is 6.92 Å². The summed E-state index contributed by atoms with van der Waals surface area (Å²) in [5, 5.41) is 17.9. The molecule has 6 nitrogen and oxygen atoms in total. The molecule has 0 radical (unpaired) electrons. The SMILES string of the molecule is CCc1nnc(Sc2ccc(C#N)cn2)n1N. The molecule has 0 bridgehead atoms. The van der Waals surface area contributed by atoms with Crippen LogP contribution < -0.4 is 5.84 Å². The first-order chi connectivity index (χ1) is 8.24. The Hall–Kier alpha value is -2.07. The zero-order valence-electron chi connectivity index (χ0n) is 9.16. The van der Waals surface area contributed by atoms with Crippen molar-refractivity contribution in [3.63, 3.8) is 0 Å². The van der Waals surface area contributed by atoms with Gasteiger partial charge in [-0.05, 0) is 23.9 Å². The minimum atomic E-state index is 0.526. The lowest BCUT2D eigenvalue weighted by Gasteiger charge is -2.01. The predicted octanol–water partition coefficient (Wildman–Crippen LogP) is 0.972. The maximum atomic E-state index is 8.65. The van der Waals surface area contributed by atoms with Crippen molar-refractivity contribution in [2.45, 2.75) is 23.5 Å². The van der Waals surface area contributed by atoms with Crippen molar-refractivity contribution in [3.05, 3.63) is 29.7 Å². The van der Waals surface area contributed by atoms with Crippen molar-refractivity contribution in [2.75, 3.05) is 5.84 Å². The van der Waals surface area contributed by atoms with Gasteiger partial charge in [0, 0.05) is 12.6 Å². The van der Waals surface area contributed by atoms with Crippen molar-refractivity contribution in [2.24, 2.45) is 0 Å². The molecule has 0 aromatic carbocycles. The second-order valence-electron chi connectivity index (χ2n) is 3.22. The van der Waals surface area contributed by atoms with Crippen LogP contribution in [0.2, 0.25) is 0 Å². The number of hydrogen-bond donors (Lipinski definition) is 1. The Balaban J connectivity index is 2.20. The van der Waals surface area contributed by atoms with Gasteiger partial charge >= 0.3 is 0 Å². The number of rotatable bonds is 3. The molecule has 7 heteroatoms. The van der Waals surface area contributed by atoms with E-state index in [0.29, 0.717) is 10.7 Å². The molecule has 2 aromatic heterocycles. The Labute approximate surface area is 102 Å². The van der Waals surface area contributed by atoms with E-state index in [2.05, 4.69) is 15.2 Å². The third kappa shape index (κ3) is 2.37. The zero-order chi connectivity index (χ0) is 12.3. The second-order valence-corrected chi connectivity index (χ2v) is 4.21. The normalized spacial score (nSPS) is 10.1. The van der Waals surface area contributed by atoms with E-state index in [1.54, 1.807) is 12.1 Å². The van der Waals surface area contributed by atoms with Crippen LogP contribution in [-0.4, -0.2) is 19.9 Å². The van der Waals surface area contributed by atoms with Gasteiger partial charge in [-0.15, -0.1) is 10.2 Å². The molecule has 2 aromatic rings. The summed E-state index contributed by atoms with van der Waals surface area (Å²) in [4.78, 5) is 4.12. The van der Waals surface area contributed by atoms with Crippen molar-refractivity contribution < 1.29 is 0 Å². The van der Waals surface area contributed by atoms with E-state index in [0.717, 1.165) is 17.3 Å². The molecule has 17 heavy (non-hydrogen) atoms. The maximum absolute atomic E-state index is 8.65. The fraction of sp³-hybridized carbons (Fsp3) is 0.200. The van der Waals surface area contributed by atoms with Crippen LogP contribution in [-0.2, 0) is 6.42 Å². The number of pyridine rings is 1. The minimum Gasteiger partial charge on any atom is -0.336 e. The molecule has 0 atom stereocenters. The molecule has 0 aliphatic heterocycles. The molecule has 0 unspecified atom stereocenters. The highest BCUT2D eigenvalue weighted by Gasteiger charge is 2.10. The Kier molecular flexibility index (Phi) is 3.25. The summed E-state index contributed by atoms with van der Waals surface area (Å²) >= 11 is 1.31. The van der Waals surface area contributed by atoms with Crippen molar-refractivity contribution in [1.82, 2.24) is 19.9 Å². The van der Waals surface area contributed by atoms with Gasteiger partial charge in [0.1, 0.15) is 11.1 Å². The van der Waals surface area contributed by atoms with E-state index in [4.69, 9.17) is 11.1 Å². The fourth-order valence-corrected chi connectivity index (χ4v) is 1.93. The van der Waals surface area contributed by atoms with Gasteiger partial charge in [0.2, 0.25) is 5.16 Å². The first-order valence-corrected chi connectivity index (χ1v) is 5.79. The number of nitrogen functional groups attached to an aromatic ring is 1. The second kappa shape index (κ2) is 4.84. The first-order valence-electron chi connectivity index (χ1n) is 4.98. The summed E-state index contributed by atoms with van der Waals surface area (Å²) in [5.74, 6) is 6.53. The smallest absolute Gasteiger partial charge is 0.216 e. The minimum absolute atomic E-state index is 0.526. The highest BCUT2D eigenvalue weighted by molar-refractivity contribution is 7.99. The number of nitriles is 1. The average molecular weight is 246 g/mol. The monoisotopic (exact) mass is 246 g/mol. The topological polar surface area (TPSA) is 93.4 Å². The molecule has 2 N–H and O–H groups in total. The van der Waals surface area contributed by atoms with E-state index >= 15 is 0 Å². The maximum Gasteiger partial charge on any atom is 0.216 e. The molecule has 0 saturated heterocycles. The average Bonchev–Trinajstić information content (AvgIpc) is 2.71. The summed E-state index contributed by atoms with van der Waals surface area (Å²) in [6, 6.07) is 5.47. The van der Waals surface area contributed by atoms with Crippen LogP contribution in [0.25, 0.3) is 0 Å². The quantitative estimate of drug-likeness (QED) is 0.811. The molecule has 0 amide bonds. The fourth-order valence-electron chi connectivity index (χ4n) is 1.22. The van der Waals surface area contributed by atoms with Crippen LogP contribution >= 0.6 is 11.8 Å². The number of aromatic nitrogens is 4. The van der Waals surface area contributed by atoms with Gasteiger partial charge in [0.05, 0.1) is 5.56 Å². The Morgan fingerprint density at radius 2 is 2.29 bits per heavy atom. The van der Waals surface area contributed by atoms with E-state index in [-0.39, 0.29) is 0 Å². The molecule has 2 rings (SSSR count). The van der Waals surface area contributed by atoms with Gasteiger partial charge in [-0.2, -0.15) is 5.26 Å². The first kappa shape index (κ1) is 11.4. The van der Waals surface area contributed by atoms with Crippen molar-refractivity contribution >= 4 is 11.8 Å². The molecule has 0 aliphatic rings. The number of nitrogens with two attached hydrogens (primary N) is 1. The lowest BCUT2D eigenvalue weighted by molar-refractivity contribution is 0.795. The zero-order valence-corrected chi connectivity index (χ0v) is 9.98. The van der Waals surface area contributed by atoms with Crippen LogP contribution in [0.5, 0.6) is 0 Å². The van der Waals surface area contributed by atoms with Gasteiger partial charge in [-0.3, -0.25) is 0 Å². The van der Waals surface area contributed by atoms with Gasteiger partial charge in [0.15, 0.2) is 5.82 Å². The van der Waals surface area contributed by atoms with Crippen LogP contribution in [0.4, 0.5) is 0 Å². The Morgan fingerprint density at radius 3 is 2.82 bits per heavy atom. The highest BCUT2D eigenvalue weighted by atomic mass is 32.2. The van der Waals surface area contributed by atoms with Gasteiger partial charge in [0.25, 0.3) is 0 Å². The largest absolute Gasteiger partial charge is 0.336 e. The van der Waals surface area contributed by atoms with Crippen LogP contribution in [0.1, 0.15) is 18.3 Å². The summed E-state index contributed by atoms with van der Waals surface area (Å²) in [6.45, 7) is 1.96. The van der Waals surface area contributed by atoms with E-state index in [1.165, 1.54) is 22.6 Å². The third-order valence-electron chi connectivity index (χ3n) is 2.11. The van der Waals surface area contributed by atoms with E-state index in [9.17, 15) is 0 Å². The molecule has 0 fully saturated rings. The molecule has 0 aliphatic carbocycles. The number of nitrogens with zero attached hydrogens (tertiary/aromatic N) is 5. The molecule has 86 valence electrons. The highest BCUT2D eigenvalue weighted by Crippen LogP contribution is 2.23. The van der Waals surface area contributed by atoms with Crippen molar-refractivity contribution in [3.8, 4) is 6.07 Å². The lowest BCUT2D eigenvalue weighted by Crippen LogP contribution is -2.13. The number of aryl methyl sites for hydroxylation is 1. The van der Waals surface area contributed by atoms with Gasteiger partial charge < -0.3 is 5.84 Å². The standard InChI is InChI=1S/C10H10N6S/c1-2-8-14-15-10(16(8)12)17-9-4-3-7(5-11)6-13-9/h3-4,6H,2,12H2,1H3. The van der Waals surface area contributed by atoms with Gasteiger partial charge in [-0.25, -0.2) is 9.66 Å². The molecule has 2 heterocycles. The van der Waals surface area contributed by atoms with Crippen LogP contribution in [0.3, 0.4) is 0 Å². The molecule has 0 saturated carbocycles. The lowest BCUT2D eigenvalue weighted by atomic mass is 10.3. The molecular formula is C10H10N6S. The molecule has 0 spiro atoms. The summed E-state index contributed by atoms with van der Waals surface area (Å²) < 4.78 is 1.45. The van der Waals surface area contributed by atoms with E-state index in [1.807, 2.05) is 13.0 Å². The number of hydrogen-bond acceptors (Lipinski definition) is 6. The van der Waals surface area contributed by atoms with Crippen LogP contribution in [0, 0.1) is 11.3 Å². The Morgan fingerprint density at radius 1 is 1.47 bits per heavy atom.